The number of pyridine rings is 1. The number of fused-ring (bicyclic) bond motifs is 1. The van der Waals surface area contributed by atoms with E-state index in [9.17, 15) is 9.90 Å². The number of nitrogens with one attached hydrogen (secondary N) is 1. The molecule has 6 heteroatoms. The van der Waals surface area contributed by atoms with Crippen LogP contribution in [0, 0.1) is 0 Å². The Labute approximate surface area is 161 Å². The molecule has 0 atom stereocenters. The van der Waals surface area contributed by atoms with Crippen molar-refractivity contribution in [1.29, 1.82) is 0 Å². The summed E-state index contributed by atoms with van der Waals surface area (Å²) < 4.78 is 5.33. The van der Waals surface area contributed by atoms with Crippen molar-refractivity contribution < 1.29 is 14.6 Å². The number of rotatable bonds is 4. The summed E-state index contributed by atoms with van der Waals surface area (Å²) in [6.45, 7) is 0. The van der Waals surface area contributed by atoms with Crippen molar-refractivity contribution >= 4 is 34.2 Å². The van der Waals surface area contributed by atoms with Crippen LogP contribution in [0.15, 0.2) is 48.7 Å². The van der Waals surface area contributed by atoms with Crippen molar-refractivity contribution in [2.45, 2.75) is 31.7 Å². The number of halogens is 1. The first-order valence-electron chi connectivity index (χ1n) is 8.97. The van der Waals surface area contributed by atoms with Crippen LogP contribution >= 0.6 is 11.6 Å². The van der Waals surface area contributed by atoms with Gasteiger partial charge in [-0.2, -0.15) is 0 Å². The van der Waals surface area contributed by atoms with Crippen LogP contribution in [0.5, 0.6) is 11.5 Å². The number of esters is 1. The Morgan fingerprint density at radius 2 is 1.96 bits per heavy atom. The van der Waals surface area contributed by atoms with E-state index in [2.05, 4.69) is 10.3 Å². The molecular weight excluding hydrogens is 364 g/mol. The predicted molar refractivity (Wildman–Crippen MR) is 106 cm³/mol. The fourth-order valence-corrected chi connectivity index (χ4v) is 3.68. The topological polar surface area (TPSA) is 71.5 Å². The van der Waals surface area contributed by atoms with Crippen LogP contribution in [0.4, 0.5) is 5.69 Å². The number of phenolic OH excluding ortho intramolecular Hbond substituents is 1. The number of carbonyl (C=O) groups excluding carboxylic acids is 1. The van der Waals surface area contributed by atoms with E-state index in [1.165, 1.54) is 25.0 Å². The van der Waals surface area contributed by atoms with E-state index >= 15 is 0 Å². The van der Waals surface area contributed by atoms with E-state index < -0.39 is 5.97 Å². The van der Waals surface area contributed by atoms with Gasteiger partial charge in [-0.1, -0.05) is 42.6 Å². The summed E-state index contributed by atoms with van der Waals surface area (Å²) in [5.74, 6) is -0.690. The second-order valence-electron chi connectivity index (χ2n) is 6.70. The van der Waals surface area contributed by atoms with Gasteiger partial charge in [0.05, 0.1) is 22.4 Å². The first kappa shape index (κ1) is 17.6. The Bertz CT molecular complexity index is 1000. The van der Waals surface area contributed by atoms with Crippen LogP contribution in [0.25, 0.3) is 10.9 Å². The second kappa shape index (κ2) is 7.45. The first-order valence-corrected chi connectivity index (χ1v) is 9.34. The Hall–Kier alpha value is -2.79. The number of hydrogen-bond donors (Lipinski definition) is 2. The minimum Gasteiger partial charge on any atom is -0.504 e. The van der Waals surface area contributed by atoms with Gasteiger partial charge in [-0.25, -0.2) is 4.79 Å². The summed E-state index contributed by atoms with van der Waals surface area (Å²) in [6, 6.07) is 12.2. The van der Waals surface area contributed by atoms with E-state index in [0.29, 0.717) is 11.6 Å². The van der Waals surface area contributed by atoms with Crippen molar-refractivity contribution in [2.24, 2.45) is 0 Å². The van der Waals surface area contributed by atoms with Gasteiger partial charge in [-0.3, -0.25) is 4.98 Å². The summed E-state index contributed by atoms with van der Waals surface area (Å²) in [4.78, 5) is 17.2. The molecule has 27 heavy (non-hydrogen) atoms. The highest BCUT2D eigenvalue weighted by Gasteiger charge is 2.20. The molecule has 1 fully saturated rings. The Morgan fingerprint density at radius 1 is 1.19 bits per heavy atom. The third-order valence-electron chi connectivity index (χ3n) is 4.80. The van der Waals surface area contributed by atoms with Crippen molar-refractivity contribution in [3.8, 4) is 11.5 Å². The number of aromatic hydroxyl groups is 1. The van der Waals surface area contributed by atoms with Crippen molar-refractivity contribution in [3.63, 3.8) is 0 Å². The number of benzene rings is 2. The van der Waals surface area contributed by atoms with Crippen LogP contribution < -0.4 is 10.1 Å². The maximum absolute atomic E-state index is 12.7. The normalized spacial score (nSPS) is 14.4. The van der Waals surface area contributed by atoms with Crippen molar-refractivity contribution in [1.82, 2.24) is 4.98 Å². The highest BCUT2D eigenvalue weighted by Crippen LogP contribution is 2.31. The third kappa shape index (κ3) is 3.69. The summed E-state index contributed by atoms with van der Waals surface area (Å²) in [5.41, 5.74) is 1.58. The van der Waals surface area contributed by atoms with Gasteiger partial charge in [0.1, 0.15) is 5.56 Å². The van der Waals surface area contributed by atoms with Crippen molar-refractivity contribution in [3.05, 3.63) is 59.2 Å². The highest BCUT2D eigenvalue weighted by atomic mass is 35.5. The van der Waals surface area contributed by atoms with Crippen LogP contribution in [-0.2, 0) is 0 Å². The Morgan fingerprint density at radius 3 is 2.74 bits per heavy atom. The van der Waals surface area contributed by atoms with Crippen molar-refractivity contribution in [2.75, 3.05) is 5.32 Å². The van der Waals surface area contributed by atoms with Gasteiger partial charge in [0.2, 0.25) is 0 Å². The molecule has 0 radical (unpaired) electrons. The van der Waals surface area contributed by atoms with Gasteiger partial charge >= 0.3 is 5.97 Å². The monoisotopic (exact) mass is 382 g/mol. The molecule has 0 spiro atoms. The molecule has 138 valence electrons. The number of ether oxygens (including phenoxy) is 1. The number of para-hydroxylation sites is 2. The van der Waals surface area contributed by atoms with Gasteiger partial charge in [-0.15, -0.1) is 0 Å². The van der Waals surface area contributed by atoms with Gasteiger partial charge in [-0.05, 0) is 37.1 Å². The first-order chi connectivity index (χ1) is 13.1. The number of carbonyl (C=O) groups is 1. The van der Waals surface area contributed by atoms with E-state index in [1.807, 2.05) is 12.1 Å². The molecule has 2 aromatic carbocycles. The average Bonchev–Trinajstić information content (AvgIpc) is 3.16. The number of phenols is 1. The maximum Gasteiger partial charge on any atom is 0.347 e. The third-order valence-corrected chi connectivity index (χ3v) is 5.11. The number of hydrogen-bond acceptors (Lipinski definition) is 5. The van der Waals surface area contributed by atoms with Gasteiger partial charge in [0.15, 0.2) is 11.5 Å². The van der Waals surface area contributed by atoms with Gasteiger partial charge in [0.25, 0.3) is 0 Å². The number of nitrogens with zero attached hydrogens (tertiary/aromatic N) is 1. The molecule has 5 nitrogen and oxygen atoms in total. The van der Waals surface area contributed by atoms with E-state index in [4.69, 9.17) is 16.3 Å². The zero-order valence-corrected chi connectivity index (χ0v) is 15.4. The minimum atomic E-state index is -0.656. The summed E-state index contributed by atoms with van der Waals surface area (Å²) in [5, 5.41) is 14.4. The second-order valence-corrected chi connectivity index (χ2v) is 7.11. The largest absolute Gasteiger partial charge is 0.504 e. The fourth-order valence-electron chi connectivity index (χ4n) is 3.45. The molecule has 1 aliphatic carbocycles. The summed E-state index contributed by atoms with van der Waals surface area (Å²) >= 11 is 6.26. The van der Waals surface area contributed by atoms with E-state index in [0.717, 1.165) is 23.9 Å². The smallest absolute Gasteiger partial charge is 0.347 e. The lowest BCUT2D eigenvalue weighted by Gasteiger charge is -2.14. The quantitative estimate of drug-likeness (QED) is 0.481. The lowest BCUT2D eigenvalue weighted by Crippen LogP contribution is -2.15. The average molecular weight is 383 g/mol. The molecule has 4 rings (SSSR count). The molecule has 2 N–H and O–H groups in total. The zero-order valence-electron chi connectivity index (χ0n) is 14.6. The standard InChI is InChI=1S/C21H19ClN2O3/c22-16-10-9-13-11-15(24-14-5-1-2-6-14)12-23-20(13)19(16)21(26)27-18-8-4-3-7-17(18)25/h3-4,7-12,14,24-25H,1-2,5-6H2. The zero-order chi connectivity index (χ0) is 18.8. The van der Waals surface area contributed by atoms with Crippen LogP contribution in [0.3, 0.4) is 0 Å². The molecule has 0 aliphatic heterocycles. The molecule has 0 bridgehead atoms. The number of anilines is 1. The molecule has 1 saturated carbocycles. The van der Waals surface area contributed by atoms with Gasteiger partial charge < -0.3 is 15.2 Å². The predicted octanol–water partition coefficient (Wildman–Crippen LogP) is 5.17. The van der Waals surface area contributed by atoms with Crippen LogP contribution in [0.2, 0.25) is 5.02 Å². The molecule has 0 amide bonds. The minimum absolute atomic E-state index is 0.0788. The van der Waals surface area contributed by atoms with Crippen LogP contribution in [0.1, 0.15) is 36.0 Å². The molecule has 0 saturated heterocycles. The fraction of sp³-hybridized carbons (Fsp3) is 0.238. The van der Waals surface area contributed by atoms with E-state index in [-0.39, 0.29) is 22.1 Å². The molecular formula is C21H19ClN2O3. The van der Waals surface area contributed by atoms with Gasteiger partial charge in [0, 0.05) is 11.4 Å². The Kier molecular flexibility index (Phi) is 4.86. The molecule has 1 heterocycles. The lowest BCUT2D eigenvalue weighted by atomic mass is 10.1. The lowest BCUT2D eigenvalue weighted by molar-refractivity contribution is 0.0731. The Balaban J connectivity index is 1.66. The highest BCUT2D eigenvalue weighted by molar-refractivity contribution is 6.35. The summed E-state index contributed by atoms with van der Waals surface area (Å²) in [6.07, 6.45) is 6.54. The molecule has 3 aromatic rings. The number of aromatic nitrogens is 1. The van der Waals surface area contributed by atoms with E-state index in [1.54, 1.807) is 24.4 Å². The molecule has 1 aromatic heterocycles. The van der Waals surface area contributed by atoms with Crippen LogP contribution in [-0.4, -0.2) is 22.1 Å². The molecule has 1 aliphatic rings. The maximum atomic E-state index is 12.7. The molecule has 0 unspecified atom stereocenters. The SMILES string of the molecule is O=C(Oc1ccccc1O)c1c(Cl)ccc2cc(NC3CCCC3)cnc12. The summed E-state index contributed by atoms with van der Waals surface area (Å²) in [7, 11) is 0.